The molecule has 0 spiro atoms. The molecule has 242 valence electrons. The van der Waals surface area contributed by atoms with E-state index in [1.807, 2.05) is 48.5 Å². The summed E-state index contributed by atoms with van der Waals surface area (Å²) in [7, 11) is 0. The lowest BCUT2D eigenvalue weighted by atomic mass is 10.0. The Hall–Kier alpha value is -0.320. The zero-order chi connectivity index (χ0) is 30.0. The molecule has 8 heteroatoms. The van der Waals surface area contributed by atoms with E-state index in [4.69, 9.17) is 33.5 Å². The topological polar surface area (TPSA) is 64.6 Å². The van der Waals surface area contributed by atoms with Crippen LogP contribution in [0.5, 0.6) is 0 Å². The van der Waals surface area contributed by atoms with E-state index in [2.05, 4.69) is 6.92 Å². The molecule has 0 bridgehead atoms. The summed E-state index contributed by atoms with van der Waals surface area (Å²) in [5.41, 5.74) is 0. The van der Waals surface area contributed by atoms with Gasteiger partial charge in [-0.15, -0.1) is 14.5 Å². The fourth-order valence-electron chi connectivity index (χ4n) is 5.44. The Kier molecular flexibility index (Phi) is 25.0. The molecule has 0 aromatic rings. The summed E-state index contributed by atoms with van der Waals surface area (Å²) in [6, 6.07) is 0. The molecule has 0 fully saturated rings. The van der Waals surface area contributed by atoms with Gasteiger partial charge in [0.25, 0.3) is 5.79 Å². The lowest BCUT2D eigenvalue weighted by molar-refractivity contribution is -1.42. The first kappa shape index (κ1) is 39.7. The van der Waals surface area contributed by atoms with Gasteiger partial charge in [0.1, 0.15) is 19.8 Å². The highest BCUT2D eigenvalue weighted by atomic mass is 17.2. The summed E-state index contributed by atoms with van der Waals surface area (Å²) in [5, 5.41) is 0. The molecule has 0 saturated heterocycles. The number of ether oxygens (including phenoxy) is 4. The minimum absolute atomic E-state index is 0.315. The van der Waals surface area contributed by atoms with E-state index < -0.39 is 16.7 Å². The van der Waals surface area contributed by atoms with Crippen LogP contribution in [0.1, 0.15) is 152 Å². The third-order valence-electron chi connectivity index (χ3n) is 7.03. The maximum absolute atomic E-state index is 6.47. The molecular formula is C32H68NO7+. The molecule has 0 rings (SSSR count). The average molecular weight is 579 g/mol. The molecule has 0 radical (unpaired) electrons. The highest BCUT2D eigenvalue weighted by Crippen LogP contribution is 2.46. The second kappa shape index (κ2) is 25.2. The Morgan fingerprint density at radius 2 is 0.700 bits per heavy atom. The largest absolute Gasteiger partial charge is 0.471 e. The van der Waals surface area contributed by atoms with E-state index in [0.29, 0.717) is 52.7 Å². The van der Waals surface area contributed by atoms with E-state index in [0.717, 1.165) is 12.8 Å². The fraction of sp³-hybridized carbons (Fsp3) is 1.00. The van der Waals surface area contributed by atoms with Crippen molar-refractivity contribution in [2.45, 2.75) is 163 Å². The van der Waals surface area contributed by atoms with Crippen molar-refractivity contribution in [3.63, 3.8) is 0 Å². The molecule has 0 aromatic carbocycles. The summed E-state index contributed by atoms with van der Waals surface area (Å²) < 4.78 is 25.9. The van der Waals surface area contributed by atoms with Crippen molar-refractivity contribution in [2.24, 2.45) is 0 Å². The molecule has 0 aliphatic rings. The highest BCUT2D eigenvalue weighted by molar-refractivity contribution is 4.82. The number of nitrogens with zero attached hydrogens (tertiary/aromatic N) is 1. The van der Waals surface area contributed by atoms with Gasteiger partial charge in [-0.2, -0.15) is 0 Å². The Morgan fingerprint density at radius 3 is 1.00 bits per heavy atom. The summed E-state index contributed by atoms with van der Waals surface area (Å²) >= 11 is 0. The molecule has 0 unspecified atom stereocenters. The van der Waals surface area contributed by atoms with Crippen LogP contribution in [-0.2, 0) is 33.5 Å². The Bertz CT molecular complexity index is 520. The van der Waals surface area contributed by atoms with Crippen molar-refractivity contribution in [3.05, 3.63) is 0 Å². The van der Waals surface area contributed by atoms with Crippen LogP contribution in [-0.4, -0.2) is 62.9 Å². The zero-order valence-corrected chi connectivity index (χ0v) is 27.9. The Morgan fingerprint density at radius 1 is 0.375 bits per heavy atom. The second-order valence-electron chi connectivity index (χ2n) is 10.2. The minimum Gasteiger partial charge on any atom is -0.340 e. The van der Waals surface area contributed by atoms with Crippen LogP contribution in [0.2, 0.25) is 0 Å². The van der Waals surface area contributed by atoms with Crippen molar-refractivity contribution in [1.82, 2.24) is 0 Å². The Balaban J connectivity index is 5.42. The molecule has 0 aromatic heterocycles. The van der Waals surface area contributed by atoms with Gasteiger partial charge < -0.3 is 9.47 Å². The first-order valence-electron chi connectivity index (χ1n) is 16.9. The number of hydrogen-bond donors (Lipinski definition) is 0. The van der Waals surface area contributed by atoms with Gasteiger partial charge in [-0.05, 0) is 54.9 Å². The molecule has 0 heterocycles. The lowest BCUT2D eigenvalue weighted by Crippen LogP contribution is -2.77. The summed E-state index contributed by atoms with van der Waals surface area (Å²) in [4.78, 5) is 17.8. The van der Waals surface area contributed by atoms with Crippen LogP contribution < -0.4 is 0 Å². The Labute approximate surface area is 248 Å². The van der Waals surface area contributed by atoms with Gasteiger partial charge >= 0.3 is 5.91 Å². The first-order chi connectivity index (χ1) is 19.5. The molecule has 0 amide bonds. The number of unbranched alkanes of at least 4 members (excludes halogenated alkanes) is 13. The van der Waals surface area contributed by atoms with E-state index in [9.17, 15) is 0 Å². The molecule has 40 heavy (non-hydrogen) atoms. The maximum Gasteiger partial charge on any atom is 0.471 e. The summed E-state index contributed by atoms with van der Waals surface area (Å²) in [5.74, 6) is -2.96. The smallest absolute Gasteiger partial charge is 0.340 e. The van der Waals surface area contributed by atoms with E-state index in [-0.39, 0.29) is 0 Å². The van der Waals surface area contributed by atoms with Crippen molar-refractivity contribution in [3.8, 4) is 0 Å². The van der Waals surface area contributed by atoms with Gasteiger partial charge in [-0.25, -0.2) is 0 Å². The number of quaternary nitrogens is 1. The average Bonchev–Trinajstić information content (AvgIpc) is 2.93. The monoisotopic (exact) mass is 578 g/mol. The van der Waals surface area contributed by atoms with Crippen LogP contribution in [0.4, 0.5) is 0 Å². The van der Waals surface area contributed by atoms with Crippen LogP contribution in [0.25, 0.3) is 0 Å². The van der Waals surface area contributed by atoms with E-state index in [1.165, 1.54) is 77.0 Å². The summed E-state index contributed by atoms with van der Waals surface area (Å²) in [6.45, 7) is 18.1. The van der Waals surface area contributed by atoms with Gasteiger partial charge in [0, 0.05) is 19.6 Å². The molecule has 0 N–H and O–H groups in total. The number of hydroxylamine groups is 3. The van der Waals surface area contributed by atoms with Gasteiger partial charge in [-0.3, -0.25) is 9.47 Å². The number of rotatable bonds is 31. The van der Waals surface area contributed by atoms with Gasteiger partial charge in [0.2, 0.25) is 0 Å². The van der Waals surface area contributed by atoms with Gasteiger partial charge in [0.05, 0.1) is 13.2 Å². The van der Waals surface area contributed by atoms with Gasteiger partial charge in [-0.1, -0.05) is 90.4 Å². The van der Waals surface area contributed by atoms with Crippen LogP contribution in [0.15, 0.2) is 0 Å². The molecule has 0 aliphatic carbocycles. The molecule has 0 aliphatic heterocycles. The van der Waals surface area contributed by atoms with Crippen molar-refractivity contribution in [1.29, 1.82) is 0 Å². The third kappa shape index (κ3) is 12.9. The molecule has 0 saturated carbocycles. The standard InChI is InChI=1S/C32H68NO7/c1-9-17-18-19-20-21-22-23-24-25-26-27-28-29-30-31(34-10-2,35-11-3)32(36-12-4,37-13-5)33(38-14-6,39-15-7)40-16-8/h9-30H2,1-8H3/q+1. The normalized spacial score (nSPS) is 12.9. The van der Waals surface area contributed by atoms with E-state index >= 15 is 0 Å². The molecule has 8 nitrogen and oxygen atoms in total. The van der Waals surface area contributed by atoms with Crippen LogP contribution in [0.3, 0.4) is 0 Å². The highest BCUT2D eigenvalue weighted by Gasteiger charge is 2.76. The minimum atomic E-state index is -1.65. The van der Waals surface area contributed by atoms with Crippen LogP contribution >= 0.6 is 0 Å². The van der Waals surface area contributed by atoms with Crippen molar-refractivity contribution >= 4 is 0 Å². The predicted octanol–water partition coefficient (Wildman–Crippen LogP) is 9.03. The number of hydrogen-bond acceptors (Lipinski definition) is 7. The van der Waals surface area contributed by atoms with Crippen LogP contribution in [0, 0.1) is 0 Å². The zero-order valence-electron chi connectivity index (χ0n) is 27.9. The maximum atomic E-state index is 6.47. The lowest BCUT2D eigenvalue weighted by Gasteiger charge is -2.50. The van der Waals surface area contributed by atoms with Gasteiger partial charge in [0.15, 0.2) is 4.97 Å². The third-order valence-corrected chi connectivity index (χ3v) is 7.03. The van der Waals surface area contributed by atoms with Crippen molar-refractivity contribution < 1.29 is 38.4 Å². The molecular weight excluding hydrogens is 510 g/mol. The predicted molar refractivity (Wildman–Crippen MR) is 162 cm³/mol. The fourth-order valence-corrected chi connectivity index (χ4v) is 5.44. The molecule has 0 atom stereocenters. The quantitative estimate of drug-likeness (QED) is 0.0352. The first-order valence-corrected chi connectivity index (χ1v) is 16.9. The van der Waals surface area contributed by atoms with Crippen molar-refractivity contribution in [2.75, 3.05) is 46.2 Å². The van der Waals surface area contributed by atoms with E-state index in [1.54, 1.807) is 0 Å². The summed E-state index contributed by atoms with van der Waals surface area (Å²) in [6.07, 6.45) is 18.7. The SMILES string of the molecule is CCCCCCCCCCCCCCCCC(OCC)(OCC)C(OCC)(OCC)[N+](OCC)(OCC)OCC. The second-order valence-corrected chi connectivity index (χ2v) is 10.2.